The van der Waals surface area contributed by atoms with E-state index in [0.717, 1.165) is 38.5 Å². The summed E-state index contributed by atoms with van der Waals surface area (Å²) in [7, 11) is 1.01. The van der Waals surface area contributed by atoms with E-state index in [1.807, 2.05) is 33.3 Å². The Morgan fingerprint density at radius 3 is 1.83 bits per heavy atom. The lowest BCUT2D eigenvalue weighted by Crippen LogP contribution is -2.43. The van der Waals surface area contributed by atoms with Crippen molar-refractivity contribution < 1.29 is 62.1 Å². The molecule has 1 fully saturated rings. The molecule has 13 nitrogen and oxygen atoms in total. The van der Waals surface area contributed by atoms with Crippen LogP contribution < -0.4 is 4.89 Å². The van der Waals surface area contributed by atoms with E-state index < -0.39 is 57.1 Å². The van der Waals surface area contributed by atoms with Gasteiger partial charge in [0.15, 0.2) is 12.4 Å². The Labute approximate surface area is 389 Å². The number of phosphoric ester groups is 1. The first-order valence-corrected chi connectivity index (χ1v) is 26.9. The molecule has 0 spiro atoms. The van der Waals surface area contributed by atoms with Crippen molar-refractivity contribution in [3.8, 4) is 0 Å². The average molecular weight is 932 g/mol. The van der Waals surface area contributed by atoms with Crippen LogP contribution in [0.2, 0.25) is 0 Å². The fourth-order valence-electron chi connectivity index (χ4n) is 7.70. The van der Waals surface area contributed by atoms with Crippen LogP contribution in [0.1, 0.15) is 200 Å². The zero-order valence-electron chi connectivity index (χ0n) is 41.0. The van der Waals surface area contributed by atoms with Gasteiger partial charge in [-0.1, -0.05) is 173 Å². The summed E-state index contributed by atoms with van der Waals surface area (Å²) in [6.07, 6.45) is 32.5. The number of hydrogen-bond acceptors (Lipinski definition) is 12. The summed E-state index contributed by atoms with van der Waals surface area (Å²) in [5.41, 5.74) is 0. The van der Waals surface area contributed by atoms with Crippen LogP contribution >= 0.6 is 7.82 Å². The van der Waals surface area contributed by atoms with Crippen LogP contribution in [-0.2, 0) is 37.4 Å². The minimum atomic E-state index is -4.71. The average Bonchev–Trinajstić information content (AvgIpc) is 3.23. The smallest absolute Gasteiger partial charge is 0.306 e. The highest BCUT2D eigenvalue weighted by atomic mass is 31.2. The van der Waals surface area contributed by atoms with Crippen molar-refractivity contribution in [1.82, 2.24) is 0 Å². The maximum absolute atomic E-state index is 12.8. The minimum Gasteiger partial charge on any atom is -0.756 e. The van der Waals surface area contributed by atoms with E-state index in [0.29, 0.717) is 43.1 Å². The summed E-state index contributed by atoms with van der Waals surface area (Å²) in [5, 5.41) is 31.1. The number of unbranched alkanes of at least 4 members (excludes halogenated alkanes) is 21. The molecule has 0 aliphatic carbocycles. The second kappa shape index (κ2) is 38.3. The zero-order valence-corrected chi connectivity index (χ0v) is 41.9. The van der Waals surface area contributed by atoms with Crippen LogP contribution in [0, 0.1) is 5.92 Å². The van der Waals surface area contributed by atoms with E-state index >= 15 is 0 Å². The van der Waals surface area contributed by atoms with Crippen molar-refractivity contribution in [3.63, 3.8) is 0 Å². The maximum atomic E-state index is 12.8. The summed E-state index contributed by atoms with van der Waals surface area (Å²) in [5.74, 6) is -1.34. The van der Waals surface area contributed by atoms with E-state index in [-0.39, 0.29) is 38.4 Å². The Morgan fingerprint density at radius 1 is 0.734 bits per heavy atom. The predicted octanol–water partition coefficient (Wildman–Crippen LogP) is 10.2. The third-order valence-corrected chi connectivity index (χ3v) is 12.7. The Morgan fingerprint density at radius 2 is 1.27 bits per heavy atom. The number of aliphatic hydroxyl groups excluding tert-OH is 3. The number of aliphatic hydroxyl groups is 3. The molecular formula is C50H94NO12P. The molecular weight excluding hydrogens is 838 g/mol. The summed E-state index contributed by atoms with van der Waals surface area (Å²) in [6.45, 7) is 3.83. The molecule has 14 heteroatoms. The van der Waals surface area contributed by atoms with Gasteiger partial charge < -0.3 is 48.0 Å². The first-order valence-electron chi connectivity index (χ1n) is 25.4. The molecule has 0 bridgehead atoms. The van der Waals surface area contributed by atoms with Crippen LogP contribution in [0.15, 0.2) is 24.3 Å². The first kappa shape index (κ1) is 60.3. The lowest BCUT2D eigenvalue weighted by atomic mass is 9.87. The summed E-state index contributed by atoms with van der Waals surface area (Å²) < 4.78 is 39.7. The fraction of sp³-hybridized carbons (Fsp3) is 0.880. The summed E-state index contributed by atoms with van der Waals surface area (Å²) in [4.78, 5) is 37.9. The zero-order chi connectivity index (χ0) is 47.3. The molecule has 1 heterocycles. The van der Waals surface area contributed by atoms with Gasteiger partial charge in [-0.3, -0.25) is 14.2 Å². The predicted molar refractivity (Wildman–Crippen MR) is 253 cm³/mol. The van der Waals surface area contributed by atoms with Gasteiger partial charge in [0.2, 0.25) is 0 Å². The van der Waals surface area contributed by atoms with Crippen LogP contribution in [0.3, 0.4) is 0 Å². The van der Waals surface area contributed by atoms with Gasteiger partial charge in [0.25, 0.3) is 7.82 Å². The summed E-state index contributed by atoms with van der Waals surface area (Å²) in [6, 6.07) is 0. The Balaban J connectivity index is 2.44. The number of carbonyl (C=O) groups excluding carboxylic acids is 2. The van der Waals surface area contributed by atoms with Gasteiger partial charge >= 0.3 is 11.9 Å². The normalized spacial score (nSPS) is 20.1. The van der Waals surface area contributed by atoms with E-state index in [9.17, 15) is 34.4 Å². The SMILES string of the molecule is CCCCCCCCCCCCCCCCCCCCCC(=O)OC[C@H](COP(=O)([O-])OCC[N+](C)(C)C)OC(=O)CCC/C=C\C[C@H]1[C@@H](O)CC(O)O[C@@H]1/C=C/[C@@H](O)CCCCC. The molecule has 0 radical (unpaired) electrons. The van der Waals surface area contributed by atoms with Crippen molar-refractivity contribution >= 4 is 19.8 Å². The number of phosphoric acid groups is 1. The van der Waals surface area contributed by atoms with Gasteiger partial charge in [0.1, 0.15) is 19.8 Å². The molecule has 1 aliphatic heterocycles. The van der Waals surface area contributed by atoms with Crippen LogP contribution in [0.5, 0.6) is 0 Å². The van der Waals surface area contributed by atoms with Crippen LogP contribution in [-0.4, -0.2) is 110 Å². The largest absolute Gasteiger partial charge is 0.756 e. The minimum absolute atomic E-state index is 0.0336. The lowest BCUT2D eigenvalue weighted by Gasteiger charge is -2.36. The molecule has 1 saturated heterocycles. The number of ether oxygens (including phenoxy) is 3. The highest BCUT2D eigenvalue weighted by molar-refractivity contribution is 7.45. The van der Waals surface area contributed by atoms with Gasteiger partial charge in [-0.2, -0.15) is 0 Å². The quantitative estimate of drug-likeness (QED) is 0.0174. The molecule has 3 N–H and O–H groups in total. The molecule has 0 saturated carbocycles. The van der Waals surface area contributed by atoms with Crippen molar-refractivity contribution in [3.05, 3.63) is 24.3 Å². The number of hydrogen-bond donors (Lipinski definition) is 3. The molecule has 1 rings (SSSR count). The van der Waals surface area contributed by atoms with Gasteiger partial charge in [-0.05, 0) is 32.1 Å². The van der Waals surface area contributed by atoms with E-state index in [1.54, 1.807) is 12.2 Å². The van der Waals surface area contributed by atoms with Crippen molar-refractivity contribution in [2.75, 3.05) is 47.5 Å². The Bertz CT molecular complexity index is 1260. The highest BCUT2D eigenvalue weighted by Crippen LogP contribution is 2.38. The van der Waals surface area contributed by atoms with Crippen molar-refractivity contribution in [2.45, 2.75) is 231 Å². The highest BCUT2D eigenvalue weighted by Gasteiger charge is 2.35. The number of allylic oxidation sites excluding steroid dienone is 2. The third-order valence-electron chi connectivity index (χ3n) is 11.8. The molecule has 1 aliphatic rings. The number of quaternary nitrogens is 1. The number of esters is 2. The topological polar surface area (TPSA) is 181 Å². The second-order valence-electron chi connectivity index (χ2n) is 19.1. The van der Waals surface area contributed by atoms with Crippen LogP contribution in [0.25, 0.3) is 0 Å². The number of nitrogens with zero attached hydrogens (tertiary/aromatic N) is 1. The number of likely N-dealkylation sites (N-methyl/N-ethyl adjacent to an activating group) is 1. The van der Waals surface area contributed by atoms with E-state index in [4.69, 9.17) is 23.3 Å². The van der Waals surface area contributed by atoms with Gasteiger partial charge in [-0.25, -0.2) is 0 Å². The fourth-order valence-corrected chi connectivity index (χ4v) is 8.42. The molecule has 0 aromatic carbocycles. The third kappa shape index (κ3) is 35.5. The summed E-state index contributed by atoms with van der Waals surface area (Å²) >= 11 is 0. The van der Waals surface area contributed by atoms with E-state index in [2.05, 4.69) is 13.8 Å². The molecule has 0 aromatic rings. The van der Waals surface area contributed by atoms with Crippen molar-refractivity contribution in [1.29, 1.82) is 0 Å². The van der Waals surface area contributed by atoms with E-state index in [1.165, 1.54) is 96.3 Å². The standard InChI is InChI=1S/C50H94NO12P/c1-6-8-10-11-12-13-14-15-16-17-18-19-20-21-22-23-24-25-30-34-48(54)59-41-44(42-61-64(57,58)60-39-38-51(3,4)5)62-49(55)35-31-27-26-29-33-45-46(53)40-50(56)63-47(45)37-36-43(52)32-28-9-7-2/h26,29,36-37,43-47,50,52-53,56H,6-25,27-28,30-35,38-42H2,1-5H3/b29-26-,37-36+/t43-,44+,45-,46-,47+,50?/m0/s1. The molecule has 0 aromatic heterocycles. The molecule has 64 heavy (non-hydrogen) atoms. The Hall–Kier alpha value is -1.67. The van der Waals surface area contributed by atoms with Crippen LogP contribution in [0.4, 0.5) is 0 Å². The number of carbonyl (C=O) groups is 2. The lowest BCUT2D eigenvalue weighted by molar-refractivity contribution is -0.870. The van der Waals surface area contributed by atoms with Gasteiger partial charge in [0, 0.05) is 25.2 Å². The number of rotatable bonds is 42. The Kier molecular flexibility index (Phi) is 36.1. The van der Waals surface area contributed by atoms with Crippen molar-refractivity contribution in [2.24, 2.45) is 5.92 Å². The van der Waals surface area contributed by atoms with Gasteiger partial charge in [0.05, 0.1) is 46.1 Å². The molecule has 0 amide bonds. The monoisotopic (exact) mass is 932 g/mol. The second-order valence-corrected chi connectivity index (χ2v) is 20.5. The maximum Gasteiger partial charge on any atom is 0.306 e. The molecule has 7 atom stereocenters. The molecule has 2 unspecified atom stereocenters. The molecule has 376 valence electrons. The first-order chi connectivity index (χ1) is 30.7. The van der Waals surface area contributed by atoms with Gasteiger partial charge in [-0.15, -0.1) is 0 Å².